The van der Waals surface area contributed by atoms with Gasteiger partial charge >= 0.3 is 0 Å². The van der Waals surface area contributed by atoms with Crippen LogP contribution >= 0.6 is 0 Å². The number of nitrogens with zero attached hydrogens (tertiary/aromatic N) is 2. The summed E-state index contributed by atoms with van der Waals surface area (Å²) in [5.74, 6) is 0.750. The van der Waals surface area contributed by atoms with Crippen molar-refractivity contribution in [1.82, 2.24) is 9.55 Å². The van der Waals surface area contributed by atoms with Crippen LogP contribution in [-0.2, 0) is 4.79 Å². The summed E-state index contributed by atoms with van der Waals surface area (Å²) in [5, 5.41) is 2.77. The first-order valence-corrected chi connectivity index (χ1v) is 4.46. The first-order valence-electron chi connectivity index (χ1n) is 4.46. The van der Waals surface area contributed by atoms with Gasteiger partial charge in [0.2, 0.25) is 11.9 Å². The normalized spacial score (nSPS) is 26.8. The first kappa shape index (κ1) is 8.29. The van der Waals surface area contributed by atoms with Crippen LogP contribution in [0.15, 0.2) is 6.20 Å². The van der Waals surface area contributed by atoms with E-state index < -0.39 is 0 Å². The quantitative estimate of drug-likeness (QED) is 0.653. The highest BCUT2D eigenvalue weighted by Gasteiger charge is 2.29. The maximum absolute atomic E-state index is 11.4. The molecule has 0 saturated carbocycles. The lowest BCUT2D eigenvalue weighted by Gasteiger charge is -2.27. The second-order valence-electron chi connectivity index (χ2n) is 3.63. The van der Waals surface area contributed by atoms with Crippen molar-refractivity contribution in [3.05, 3.63) is 11.9 Å². The van der Waals surface area contributed by atoms with Crippen molar-refractivity contribution in [2.75, 3.05) is 5.32 Å². The molecule has 13 heavy (non-hydrogen) atoms. The number of carbonyl (C=O) groups excluding carboxylic acids is 1. The second-order valence-corrected chi connectivity index (χ2v) is 3.63. The van der Waals surface area contributed by atoms with Gasteiger partial charge < -0.3 is 4.57 Å². The Morgan fingerprint density at radius 2 is 2.23 bits per heavy atom. The van der Waals surface area contributed by atoms with E-state index in [9.17, 15) is 4.79 Å². The van der Waals surface area contributed by atoms with Crippen LogP contribution in [0.25, 0.3) is 0 Å². The summed E-state index contributed by atoms with van der Waals surface area (Å²) in [6.07, 6.45) is 1.97. The van der Waals surface area contributed by atoms with Gasteiger partial charge in [-0.15, -0.1) is 0 Å². The maximum atomic E-state index is 11.4. The number of anilines is 1. The molecule has 70 valence electrons. The molecule has 2 heterocycles. The Balaban J connectivity index is 2.48. The van der Waals surface area contributed by atoms with Crippen LogP contribution in [-0.4, -0.2) is 15.5 Å². The van der Waals surface area contributed by atoms with E-state index in [4.69, 9.17) is 0 Å². The molecule has 0 saturated heterocycles. The number of imidazole rings is 1. The van der Waals surface area contributed by atoms with Gasteiger partial charge in [0.25, 0.3) is 0 Å². The zero-order valence-corrected chi connectivity index (χ0v) is 8.03. The SMILES string of the molecule is Cc1cn2c(n1)NC(=O)C(C)C2C. The molecule has 0 radical (unpaired) electrons. The highest BCUT2D eigenvalue weighted by Crippen LogP contribution is 2.27. The Hall–Kier alpha value is -1.32. The fourth-order valence-electron chi connectivity index (χ4n) is 1.60. The predicted molar refractivity (Wildman–Crippen MR) is 49.5 cm³/mol. The number of nitrogens with one attached hydrogen (secondary N) is 1. The molecule has 0 aromatic carbocycles. The standard InChI is InChI=1S/C9H13N3O/c1-5-4-12-7(3)6(2)8(13)11-9(12)10-5/h4,6-7H,1-3H3,(H,10,11,13). The molecule has 1 amide bonds. The number of carbonyl (C=O) groups is 1. The van der Waals surface area contributed by atoms with E-state index >= 15 is 0 Å². The predicted octanol–water partition coefficient (Wildman–Crippen LogP) is 1.34. The Labute approximate surface area is 77.0 Å². The summed E-state index contributed by atoms with van der Waals surface area (Å²) >= 11 is 0. The van der Waals surface area contributed by atoms with Crippen LogP contribution in [0.1, 0.15) is 25.6 Å². The van der Waals surface area contributed by atoms with Crippen LogP contribution in [0.4, 0.5) is 5.95 Å². The summed E-state index contributed by atoms with van der Waals surface area (Å²) in [7, 11) is 0. The molecule has 0 spiro atoms. The molecule has 1 N–H and O–H groups in total. The molecule has 4 nitrogen and oxygen atoms in total. The Kier molecular flexibility index (Phi) is 1.65. The van der Waals surface area contributed by atoms with E-state index in [2.05, 4.69) is 10.3 Å². The smallest absolute Gasteiger partial charge is 0.231 e. The average molecular weight is 179 g/mol. The van der Waals surface area contributed by atoms with Crippen molar-refractivity contribution in [2.45, 2.75) is 26.8 Å². The Morgan fingerprint density at radius 1 is 1.54 bits per heavy atom. The van der Waals surface area contributed by atoms with Crippen molar-refractivity contribution < 1.29 is 4.79 Å². The minimum absolute atomic E-state index is 0.0149. The van der Waals surface area contributed by atoms with E-state index in [1.165, 1.54) is 0 Å². The molecule has 0 aliphatic carbocycles. The first-order chi connectivity index (χ1) is 6.09. The monoisotopic (exact) mass is 179 g/mol. The fraction of sp³-hybridized carbons (Fsp3) is 0.556. The lowest BCUT2D eigenvalue weighted by atomic mass is 10.0. The number of hydrogen-bond acceptors (Lipinski definition) is 2. The molecule has 1 aliphatic heterocycles. The maximum Gasteiger partial charge on any atom is 0.231 e. The number of aryl methyl sites for hydroxylation is 1. The van der Waals surface area contributed by atoms with E-state index in [0.29, 0.717) is 5.95 Å². The summed E-state index contributed by atoms with van der Waals surface area (Å²) < 4.78 is 2.02. The lowest BCUT2D eigenvalue weighted by molar-refractivity contribution is -0.121. The number of rotatable bonds is 0. The zero-order chi connectivity index (χ0) is 9.59. The van der Waals surface area contributed by atoms with Crippen molar-refractivity contribution >= 4 is 11.9 Å². The van der Waals surface area contributed by atoms with Crippen LogP contribution in [0.2, 0.25) is 0 Å². The van der Waals surface area contributed by atoms with Gasteiger partial charge in [-0.3, -0.25) is 10.1 Å². The zero-order valence-electron chi connectivity index (χ0n) is 8.03. The minimum Gasteiger partial charge on any atom is -0.313 e. The van der Waals surface area contributed by atoms with Gasteiger partial charge in [-0.05, 0) is 13.8 Å². The summed E-state index contributed by atoms with van der Waals surface area (Å²) in [5.41, 5.74) is 0.941. The molecule has 1 aliphatic rings. The van der Waals surface area contributed by atoms with Crippen LogP contribution in [0.3, 0.4) is 0 Å². The summed E-state index contributed by atoms with van der Waals surface area (Å²) in [4.78, 5) is 15.6. The second kappa shape index (κ2) is 2.58. The third kappa shape index (κ3) is 1.13. The minimum atomic E-state index is 0.0149. The summed E-state index contributed by atoms with van der Waals surface area (Å²) in [6, 6.07) is 0.199. The molecular formula is C9H13N3O. The number of hydrogen-bond donors (Lipinski definition) is 1. The topological polar surface area (TPSA) is 46.9 Å². The van der Waals surface area contributed by atoms with Gasteiger partial charge in [0.05, 0.1) is 11.6 Å². The fourth-order valence-corrected chi connectivity index (χ4v) is 1.60. The molecule has 0 bridgehead atoms. The molecular weight excluding hydrogens is 166 g/mol. The van der Waals surface area contributed by atoms with Crippen molar-refractivity contribution in [2.24, 2.45) is 5.92 Å². The number of aromatic nitrogens is 2. The molecule has 4 heteroatoms. The highest BCUT2D eigenvalue weighted by molar-refractivity contribution is 5.92. The van der Waals surface area contributed by atoms with Gasteiger partial charge in [-0.2, -0.15) is 0 Å². The Morgan fingerprint density at radius 3 is 2.92 bits per heavy atom. The van der Waals surface area contributed by atoms with E-state index in [1.54, 1.807) is 0 Å². The lowest BCUT2D eigenvalue weighted by Crippen LogP contribution is -2.34. The van der Waals surface area contributed by atoms with Gasteiger partial charge in [0.15, 0.2) is 0 Å². The molecule has 0 fully saturated rings. The van der Waals surface area contributed by atoms with Crippen molar-refractivity contribution in [3.63, 3.8) is 0 Å². The summed E-state index contributed by atoms with van der Waals surface area (Å²) in [6.45, 7) is 5.89. The highest BCUT2D eigenvalue weighted by atomic mass is 16.2. The molecule has 2 unspecified atom stereocenters. The van der Waals surface area contributed by atoms with Gasteiger partial charge in [-0.25, -0.2) is 4.98 Å². The molecule has 2 atom stereocenters. The van der Waals surface area contributed by atoms with Crippen LogP contribution < -0.4 is 5.32 Å². The molecule has 2 rings (SSSR count). The van der Waals surface area contributed by atoms with Crippen LogP contribution in [0, 0.1) is 12.8 Å². The molecule has 1 aromatic rings. The van der Waals surface area contributed by atoms with Gasteiger partial charge in [0.1, 0.15) is 0 Å². The van der Waals surface area contributed by atoms with Gasteiger partial charge in [-0.1, -0.05) is 6.92 Å². The van der Waals surface area contributed by atoms with Gasteiger partial charge in [0, 0.05) is 12.2 Å². The largest absolute Gasteiger partial charge is 0.313 e. The third-order valence-corrected chi connectivity index (χ3v) is 2.66. The van der Waals surface area contributed by atoms with E-state index in [1.807, 2.05) is 31.5 Å². The number of amides is 1. The average Bonchev–Trinajstić information content (AvgIpc) is 2.42. The van der Waals surface area contributed by atoms with Crippen molar-refractivity contribution in [1.29, 1.82) is 0 Å². The van der Waals surface area contributed by atoms with Crippen LogP contribution in [0.5, 0.6) is 0 Å². The van der Waals surface area contributed by atoms with E-state index in [-0.39, 0.29) is 17.9 Å². The third-order valence-electron chi connectivity index (χ3n) is 2.66. The van der Waals surface area contributed by atoms with Crippen molar-refractivity contribution in [3.8, 4) is 0 Å². The van der Waals surface area contributed by atoms with E-state index in [0.717, 1.165) is 5.69 Å². The molecule has 1 aromatic heterocycles. The Bertz CT molecular complexity index is 356. The number of fused-ring (bicyclic) bond motifs is 1.